The minimum atomic E-state index is -0.320. The molecule has 12 heavy (non-hydrogen) atoms. The molecule has 1 unspecified atom stereocenters. The van der Waals surface area contributed by atoms with Gasteiger partial charge < -0.3 is 10.4 Å². The Kier molecular flexibility index (Phi) is 1.75. The van der Waals surface area contributed by atoms with Gasteiger partial charge in [-0.25, -0.2) is 0 Å². The van der Waals surface area contributed by atoms with E-state index in [1.54, 1.807) is 11.3 Å². The van der Waals surface area contributed by atoms with Gasteiger partial charge in [-0.3, -0.25) is 0 Å². The van der Waals surface area contributed by atoms with Gasteiger partial charge in [-0.1, -0.05) is 0 Å². The third kappa shape index (κ3) is 1.09. The van der Waals surface area contributed by atoms with Crippen molar-refractivity contribution in [1.82, 2.24) is 5.32 Å². The highest BCUT2D eigenvalue weighted by atomic mass is 32.1. The van der Waals surface area contributed by atoms with Crippen LogP contribution < -0.4 is 5.32 Å². The van der Waals surface area contributed by atoms with E-state index < -0.39 is 0 Å². The van der Waals surface area contributed by atoms with Crippen LogP contribution in [-0.2, 0) is 5.54 Å². The molecule has 0 spiro atoms. The first-order valence-electron chi connectivity index (χ1n) is 4.12. The van der Waals surface area contributed by atoms with Crippen LogP contribution in [0, 0.1) is 0 Å². The van der Waals surface area contributed by atoms with Crippen molar-refractivity contribution in [1.29, 1.82) is 0 Å². The molecule has 2 N–H and O–H groups in total. The van der Waals surface area contributed by atoms with Crippen LogP contribution in [0.5, 0.6) is 0 Å². The average molecular weight is 183 g/mol. The Bertz CT molecular complexity index is 292. The van der Waals surface area contributed by atoms with Crippen LogP contribution in [-0.4, -0.2) is 11.7 Å². The first-order valence-corrected chi connectivity index (χ1v) is 5.00. The highest BCUT2D eigenvalue weighted by molar-refractivity contribution is 7.10. The Morgan fingerprint density at radius 2 is 2.42 bits per heavy atom. The van der Waals surface area contributed by atoms with Crippen molar-refractivity contribution in [2.24, 2.45) is 0 Å². The van der Waals surface area contributed by atoms with Crippen molar-refractivity contribution in [3.63, 3.8) is 0 Å². The number of thiophene rings is 1. The van der Waals surface area contributed by atoms with Crippen LogP contribution in [0.1, 0.15) is 30.4 Å². The second-order valence-electron chi connectivity index (χ2n) is 3.73. The van der Waals surface area contributed by atoms with E-state index in [0.29, 0.717) is 6.54 Å². The molecule has 2 rings (SSSR count). The maximum atomic E-state index is 9.63. The largest absolute Gasteiger partial charge is 0.387 e. The molecule has 1 aromatic rings. The van der Waals surface area contributed by atoms with Crippen molar-refractivity contribution in [2.45, 2.75) is 25.5 Å². The molecule has 3 heteroatoms. The summed E-state index contributed by atoms with van der Waals surface area (Å²) in [5.41, 5.74) is 1.13. The molecule has 0 fully saturated rings. The second-order valence-corrected chi connectivity index (χ2v) is 4.64. The lowest BCUT2D eigenvalue weighted by Crippen LogP contribution is -2.43. The lowest BCUT2D eigenvalue weighted by Gasteiger charge is -2.33. The van der Waals surface area contributed by atoms with Gasteiger partial charge in [0.15, 0.2) is 0 Å². The molecule has 0 saturated heterocycles. The van der Waals surface area contributed by atoms with Crippen LogP contribution in [0.25, 0.3) is 0 Å². The number of aliphatic hydroxyl groups is 1. The highest BCUT2D eigenvalue weighted by Gasteiger charge is 2.32. The molecule has 0 saturated carbocycles. The Morgan fingerprint density at radius 1 is 1.67 bits per heavy atom. The van der Waals surface area contributed by atoms with Gasteiger partial charge in [0, 0.05) is 17.0 Å². The zero-order valence-corrected chi connectivity index (χ0v) is 8.11. The molecule has 2 nitrogen and oxygen atoms in total. The number of rotatable bonds is 0. The van der Waals surface area contributed by atoms with Gasteiger partial charge in [0.25, 0.3) is 0 Å². The fourth-order valence-electron chi connectivity index (χ4n) is 1.63. The summed E-state index contributed by atoms with van der Waals surface area (Å²) in [5, 5.41) is 15.0. The van der Waals surface area contributed by atoms with Gasteiger partial charge in [0.05, 0.1) is 6.10 Å². The molecule has 1 aliphatic heterocycles. The standard InChI is InChI=1S/C9H13NOS/c1-9(2)8-6(3-4-12-8)7(11)5-10-9/h3-4,7,10-11H,5H2,1-2H3. The molecule has 1 atom stereocenters. The summed E-state index contributed by atoms with van der Waals surface area (Å²) in [4.78, 5) is 1.27. The number of fused-ring (bicyclic) bond motifs is 1. The third-order valence-corrected chi connectivity index (χ3v) is 3.61. The third-order valence-electron chi connectivity index (χ3n) is 2.36. The number of β-amino-alcohol motifs (C(OH)–C–C–N with tert-alkyl or cyclic N) is 1. The number of nitrogens with one attached hydrogen (secondary N) is 1. The van der Waals surface area contributed by atoms with Crippen molar-refractivity contribution >= 4 is 11.3 Å². The summed E-state index contributed by atoms with van der Waals surface area (Å²) in [5.74, 6) is 0. The van der Waals surface area contributed by atoms with Crippen molar-refractivity contribution in [3.05, 3.63) is 21.9 Å². The molecule has 2 heterocycles. The van der Waals surface area contributed by atoms with E-state index in [0.717, 1.165) is 5.56 Å². The Labute approximate surface area is 76.2 Å². The van der Waals surface area contributed by atoms with E-state index in [2.05, 4.69) is 19.2 Å². The quantitative estimate of drug-likeness (QED) is 0.640. The van der Waals surface area contributed by atoms with E-state index in [-0.39, 0.29) is 11.6 Å². The minimum Gasteiger partial charge on any atom is -0.387 e. The van der Waals surface area contributed by atoms with Gasteiger partial charge in [0.1, 0.15) is 0 Å². The van der Waals surface area contributed by atoms with E-state index >= 15 is 0 Å². The van der Waals surface area contributed by atoms with Crippen LogP contribution in [0.2, 0.25) is 0 Å². The highest BCUT2D eigenvalue weighted by Crippen LogP contribution is 2.36. The fourth-order valence-corrected chi connectivity index (χ4v) is 2.69. The normalized spacial score (nSPS) is 26.8. The van der Waals surface area contributed by atoms with E-state index in [9.17, 15) is 5.11 Å². The molecule has 0 aromatic carbocycles. The lowest BCUT2D eigenvalue weighted by molar-refractivity contribution is 0.145. The van der Waals surface area contributed by atoms with Gasteiger partial charge in [-0.15, -0.1) is 11.3 Å². The summed E-state index contributed by atoms with van der Waals surface area (Å²) < 4.78 is 0. The predicted molar refractivity (Wildman–Crippen MR) is 50.3 cm³/mol. The first kappa shape index (κ1) is 8.23. The molecular formula is C9H13NOS. The summed E-state index contributed by atoms with van der Waals surface area (Å²) in [6.45, 7) is 4.96. The SMILES string of the molecule is CC1(C)NCC(O)c2ccsc21. The van der Waals surface area contributed by atoms with Crippen LogP contribution in [0.4, 0.5) is 0 Å². The Balaban J connectivity index is 2.50. The van der Waals surface area contributed by atoms with Crippen LogP contribution in [0.3, 0.4) is 0 Å². The number of hydrogen-bond donors (Lipinski definition) is 2. The van der Waals surface area contributed by atoms with Gasteiger partial charge in [-0.05, 0) is 30.9 Å². The summed E-state index contributed by atoms with van der Waals surface area (Å²) >= 11 is 1.71. The van der Waals surface area contributed by atoms with Gasteiger partial charge in [-0.2, -0.15) is 0 Å². The number of aliphatic hydroxyl groups excluding tert-OH is 1. The van der Waals surface area contributed by atoms with E-state index in [1.807, 2.05) is 11.4 Å². The van der Waals surface area contributed by atoms with Crippen LogP contribution in [0.15, 0.2) is 11.4 Å². The smallest absolute Gasteiger partial charge is 0.0926 e. The predicted octanol–water partition coefficient (Wildman–Crippen LogP) is 1.62. The maximum Gasteiger partial charge on any atom is 0.0926 e. The van der Waals surface area contributed by atoms with Crippen LogP contribution >= 0.6 is 11.3 Å². The van der Waals surface area contributed by atoms with Crippen molar-refractivity contribution in [2.75, 3.05) is 6.54 Å². The monoisotopic (exact) mass is 183 g/mol. The lowest BCUT2D eigenvalue weighted by atomic mass is 9.92. The molecule has 0 radical (unpaired) electrons. The summed E-state index contributed by atoms with van der Waals surface area (Å²) in [7, 11) is 0. The van der Waals surface area contributed by atoms with Gasteiger partial charge in [0.2, 0.25) is 0 Å². The molecule has 1 aromatic heterocycles. The summed E-state index contributed by atoms with van der Waals surface area (Å²) in [6, 6.07) is 2.02. The molecule has 1 aliphatic rings. The Morgan fingerprint density at radius 3 is 3.08 bits per heavy atom. The molecule has 0 bridgehead atoms. The second kappa shape index (κ2) is 2.55. The molecule has 0 aliphatic carbocycles. The van der Waals surface area contributed by atoms with E-state index in [1.165, 1.54) is 4.88 Å². The fraction of sp³-hybridized carbons (Fsp3) is 0.556. The average Bonchev–Trinajstić information content (AvgIpc) is 2.46. The maximum absolute atomic E-state index is 9.63. The van der Waals surface area contributed by atoms with Gasteiger partial charge >= 0.3 is 0 Å². The molecule has 66 valence electrons. The zero-order chi connectivity index (χ0) is 8.77. The van der Waals surface area contributed by atoms with E-state index in [4.69, 9.17) is 0 Å². The zero-order valence-electron chi connectivity index (χ0n) is 7.29. The number of hydrogen-bond acceptors (Lipinski definition) is 3. The minimum absolute atomic E-state index is 0.0305. The topological polar surface area (TPSA) is 32.3 Å². The molecular weight excluding hydrogens is 170 g/mol. The molecule has 0 amide bonds. The first-order chi connectivity index (χ1) is 5.61. The van der Waals surface area contributed by atoms with Crippen molar-refractivity contribution in [3.8, 4) is 0 Å². The Hall–Kier alpha value is -0.380. The summed E-state index contributed by atoms with van der Waals surface area (Å²) in [6.07, 6.45) is -0.320. The van der Waals surface area contributed by atoms with Crippen molar-refractivity contribution < 1.29 is 5.11 Å².